The van der Waals surface area contributed by atoms with E-state index in [1.165, 1.54) is 7.11 Å². The summed E-state index contributed by atoms with van der Waals surface area (Å²) in [4.78, 5) is 4.33. The van der Waals surface area contributed by atoms with Crippen LogP contribution in [0.5, 0.6) is 0 Å². The van der Waals surface area contributed by atoms with Gasteiger partial charge in [0.1, 0.15) is 5.82 Å². The van der Waals surface area contributed by atoms with Crippen molar-refractivity contribution in [3.05, 3.63) is 18.2 Å². The van der Waals surface area contributed by atoms with Crippen molar-refractivity contribution in [1.29, 1.82) is 0 Å². The predicted octanol–water partition coefficient (Wildman–Crippen LogP) is 1.45. The van der Waals surface area contributed by atoms with Crippen LogP contribution in [-0.2, 0) is 21.2 Å². The topological polar surface area (TPSA) is 64.4 Å². The standard InChI is InChI=1S/C14H25N3O3S/c1-4-14-15-7-9-17(14)13-6-5-8-16(10-13)21(18,19)11-12(2)20-3/h7,9,12-13H,4-6,8,10-11H2,1-3H3/t12-,13+/m1/s1. The first-order chi connectivity index (χ1) is 9.97. The molecule has 0 aliphatic carbocycles. The molecule has 0 amide bonds. The number of hydrogen-bond acceptors (Lipinski definition) is 4. The van der Waals surface area contributed by atoms with Crippen molar-refractivity contribution in [2.24, 2.45) is 0 Å². The van der Waals surface area contributed by atoms with Gasteiger partial charge in [-0.15, -0.1) is 0 Å². The fourth-order valence-corrected chi connectivity index (χ4v) is 4.57. The number of aryl methyl sites for hydroxylation is 1. The molecule has 2 atom stereocenters. The molecule has 1 aliphatic rings. The van der Waals surface area contributed by atoms with E-state index in [0.29, 0.717) is 13.1 Å². The Bertz CT molecular complexity index is 556. The molecule has 1 aliphatic heterocycles. The molecule has 0 aromatic carbocycles. The van der Waals surface area contributed by atoms with Gasteiger partial charge in [-0.25, -0.2) is 13.4 Å². The van der Waals surface area contributed by atoms with Gasteiger partial charge in [-0.05, 0) is 19.8 Å². The predicted molar refractivity (Wildman–Crippen MR) is 81.7 cm³/mol. The number of imidazole rings is 1. The molecule has 6 nitrogen and oxygen atoms in total. The summed E-state index contributed by atoms with van der Waals surface area (Å²) in [6.45, 7) is 4.98. The number of ether oxygens (including phenoxy) is 1. The molecule has 1 saturated heterocycles. The molecule has 0 bridgehead atoms. The van der Waals surface area contributed by atoms with Crippen molar-refractivity contribution < 1.29 is 13.2 Å². The molecule has 2 rings (SSSR count). The Balaban J connectivity index is 2.10. The van der Waals surface area contributed by atoms with Crippen molar-refractivity contribution in [1.82, 2.24) is 13.9 Å². The molecule has 1 aromatic heterocycles. The van der Waals surface area contributed by atoms with Crippen molar-refractivity contribution in [2.75, 3.05) is 26.0 Å². The molecule has 2 heterocycles. The lowest BCUT2D eigenvalue weighted by molar-refractivity contribution is 0.134. The van der Waals surface area contributed by atoms with Gasteiger partial charge in [0.05, 0.1) is 11.9 Å². The van der Waals surface area contributed by atoms with Crippen LogP contribution in [0.15, 0.2) is 12.4 Å². The molecule has 0 spiro atoms. The van der Waals surface area contributed by atoms with E-state index in [2.05, 4.69) is 16.5 Å². The monoisotopic (exact) mass is 315 g/mol. The minimum absolute atomic E-state index is 0.0424. The van der Waals surface area contributed by atoms with Crippen LogP contribution in [0.2, 0.25) is 0 Å². The summed E-state index contributed by atoms with van der Waals surface area (Å²) in [5.41, 5.74) is 0. The van der Waals surface area contributed by atoms with Gasteiger partial charge in [0.15, 0.2) is 0 Å². The lowest BCUT2D eigenvalue weighted by Gasteiger charge is -2.33. The third kappa shape index (κ3) is 3.84. The molecule has 0 radical (unpaired) electrons. The van der Waals surface area contributed by atoms with Crippen LogP contribution in [0.1, 0.15) is 38.6 Å². The number of rotatable bonds is 6. The highest BCUT2D eigenvalue weighted by atomic mass is 32.2. The second-order valence-corrected chi connectivity index (χ2v) is 7.60. The number of aromatic nitrogens is 2. The summed E-state index contributed by atoms with van der Waals surface area (Å²) < 4.78 is 33.7. The van der Waals surface area contributed by atoms with E-state index in [9.17, 15) is 8.42 Å². The zero-order chi connectivity index (χ0) is 15.5. The SMILES string of the molecule is CCc1nccn1[C@H]1CCCN(S(=O)(=O)C[C@@H](C)OC)C1. The Morgan fingerprint density at radius 3 is 2.95 bits per heavy atom. The maximum Gasteiger partial charge on any atom is 0.216 e. The third-order valence-corrected chi connectivity index (χ3v) is 6.07. The highest BCUT2D eigenvalue weighted by Gasteiger charge is 2.31. The number of piperidine rings is 1. The highest BCUT2D eigenvalue weighted by Crippen LogP contribution is 2.25. The summed E-state index contributed by atoms with van der Waals surface area (Å²) in [6, 6.07) is 0.184. The minimum atomic E-state index is -3.26. The molecule has 1 fully saturated rings. The highest BCUT2D eigenvalue weighted by molar-refractivity contribution is 7.89. The molecular weight excluding hydrogens is 290 g/mol. The summed E-state index contributed by atoms with van der Waals surface area (Å²) in [7, 11) is -1.72. The van der Waals surface area contributed by atoms with Gasteiger partial charge in [0.2, 0.25) is 10.0 Å². The van der Waals surface area contributed by atoms with E-state index >= 15 is 0 Å². The van der Waals surface area contributed by atoms with Crippen LogP contribution in [-0.4, -0.2) is 54.3 Å². The molecule has 1 aromatic rings. The van der Waals surface area contributed by atoms with E-state index in [1.807, 2.05) is 6.20 Å². The minimum Gasteiger partial charge on any atom is -0.381 e. The van der Waals surface area contributed by atoms with Crippen LogP contribution in [0.3, 0.4) is 0 Å². The van der Waals surface area contributed by atoms with Gasteiger partial charge in [0.25, 0.3) is 0 Å². The van der Waals surface area contributed by atoms with Crippen molar-refractivity contribution in [3.8, 4) is 0 Å². The lowest BCUT2D eigenvalue weighted by atomic mass is 10.1. The fourth-order valence-electron chi connectivity index (χ4n) is 2.82. The maximum atomic E-state index is 12.4. The largest absolute Gasteiger partial charge is 0.381 e. The lowest BCUT2D eigenvalue weighted by Crippen LogP contribution is -2.43. The Morgan fingerprint density at radius 2 is 2.29 bits per heavy atom. The molecule has 0 unspecified atom stereocenters. The van der Waals surface area contributed by atoms with Gasteiger partial charge in [0, 0.05) is 45.1 Å². The first-order valence-corrected chi connectivity index (χ1v) is 9.11. The Kier molecular flexibility index (Phi) is 5.40. The molecule has 7 heteroatoms. The van der Waals surface area contributed by atoms with Crippen LogP contribution in [0, 0.1) is 0 Å². The number of hydrogen-bond donors (Lipinski definition) is 0. The maximum absolute atomic E-state index is 12.4. The Hall–Kier alpha value is -0.920. The first kappa shape index (κ1) is 16.5. The molecular formula is C14H25N3O3S. The van der Waals surface area contributed by atoms with Gasteiger partial charge >= 0.3 is 0 Å². The normalized spacial score (nSPS) is 22.3. The summed E-state index contributed by atoms with van der Waals surface area (Å²) in [6.07, 6.45) is 6.20. The quantitative estimate of drug-likeness (QED) is 0.797. The smallest absolute Gasteiger partial charge is 0.216 e. The zero-order valence-corrected chi connectivity index (χ0v) is 13.8. The summed E-state index contributed by atoms with van der Waals surface area (Å²) >= 11 is 0. The van der Waals surface area contributed by atoms with Crippen LogP contribution < -0.4 is 0 Å². The first-order valence-electron chi connectivity index (χ1n) is 7.50. The number of sulfonamides is 1. The van der Waals surface area contributed by atoms with E-state index in [-0.39, 0.29) is 17.9 Å². The number of nitrogens with zero attached hydrogens (tertiary/aromatic N) is 3. The van der Waals surface area contributed by atoms with Gasteiger partial charge < -0.3 is 9.30 Å². The van der Waals surface area contributed by atoms with E-state index < -0.39 is 10.0 Å². The van der Waals surface area contributed by atoms with Gasteiger partial charge in [-0.1, -0.05) is 6.92 Å². The van der Waals surface area contributed by atoms with Gasteiger partial charge in [-0.3, -0.25) is 0 Å². The van der Waals surface area contributed by atoms with Crippen LogP contribution >= 0.6 is 0 Å². The van der Waals surface area contributed by atoms with Crippen molar-refractivity contribution in [3.63, 3.8) is 0 Å². The van der Waals surface area contributed by atoms with E-state index in [4.69, 9.17) is 4.74 Å². The summed E-state index contributed by atoms with van der Waals surface area (Å²) in [5, 5.41) is 0. The van der Waals surface area contributed by atoms with E-state index in [0.717, 1.165) is 25.1 Å². The van der Waals surface area contributed by atoms with Crippen LogP contribution in [0.25, 0.3) is 0 Å². The third-order valence-electron chi connectivity index (χ3n) is 4.06. The fraction of sp³-hybridized carbons (Fsp3) is 0.786. The molecule has 0 saturated carbocycles. The van der Waals surface area contributed by atoms with Crippen molar-refractivity contribution in [2.45, 2.75) is 45.3 Å². The number of methoxy groups -OCH3 is 1. The average molecular weight is 315 g/mol. The van der Waals surface area contributed by atoms with Gasteiger partial charge in [-0.2, -0.15) is 4.31 Å². The second-order valence-electron chi connectivity index (χ2n) is 5.58. The van der Waals surface area contributed by atoms with Crippen molar-refractivity contribution >= 4 is 10.0 Å². The second kappa shape index (κ2) is 6.89. The zero-order valence-electron chi connectivity index (χ0n) is 13.0. The Labute approximate surface area is 127 Å². The molecule has 21 heavy (non-hydrogen) atoms. The molecule has 0 N–H and O–H groups in total. The van der Waals surface area contributed by atoms with Crippen LogP contribution in [0.4, 0.5) is 0 Å². The van der Waals surface area contributed by atoms with E-state index in [1.54, 1.807) is 17.4 Å². The summed E-state index contributed by atoms with van der Waals surface area (Å²) in [5.74, 6) is 1.06. The molecule has 120 valence electrons. The Morgan fingerprint density at radius 1 is 1.52 bits per heavy atom. The average Bonchev–Trinajstić information content (AvgIpc) is 2.95.